The van der Waals surface area contributed by atoms with Crippen LogP contribution < -0.4 is 71.6 Å². The van der Waals surface area contributed by atoms with Gasteiger partial charge in [0.2, 0.25) is 47.3 Å². The first-order chi connectivity index (χ1) is 31.9. The van der Waals surface area contributed by atoms with Crippen LogP contribution in [0.15, 0.2) is 70.8 Å². The van der Waals surface area contributed by atoms with Crippen LogP contribution in [0.25, 0.3) is 10.9 Å². The van der Waals surface area contributed by atoms with Crippen LogP contribution in [-0.2, 0) is 51.2 Å². The van der Waals surface area contributed by atoms with Crippen molar-refractivity contribution in [2.24, 2.45) is 44.4 Å². The predicted octanol–water partition coefficient (Wildman–Crippen LogP) is -4.29. The van der Waals surface area contributed by atoms with Gasteiger partial charge in [0, 0.05) is 56.0 Å². The molecule has 24 nitrogen and oxygen atoms in total. The number of hydrogen-bond donors (Lipinski definition) is 14. The molecular formula is C43H62N16O8. The van der Waals surface area contributed by atoms with E-state index in [1.807, 2.05) is 18.2 Å². The molecule has 0 aliphatic carbocycles. The van der Waals surface area contributed by atoms with Gasteiger partial charge < -0.3 is 76.6 Å². The van der Waals surface area contributed by atoms with E-state index in [0.717, 1.165) is 10.9 Å². The number of rotatable bonds is 15. The molecule has 4 rings (SSSR count). The Morgan fingerprint density at radius 2 is 1.31 bits per heavy atom. The summed E-state index contributed by atoms with van der Waals surface area (Å²) in [6.07, 6.45) is 1.38. The summed E-state index contributed by atoms with van der Waals surface area (Å²) >= 11 is 0. The smallest absolute Gasteiger partial charge is 0.245 e. The van der Waals surface area contributed by atoms with Crippen LogP contribution in [-0.4, -0.2) is 126 Å². The van der Waals surface area contributed by atoms with E-state index in [-0.39, 0.29) is 63.5 Å². The number of hydrogen-bond acceptors (Lipinski definition) is 11. The van der Waals surface area contributed by atoms with Crippen LogP contribution in [0.3, 0.4) is 0 Å². The fraction of sp³-hybridized carbons (Fsp3) is 0.442. The third kappa shape index (κ3) is 17.0. The lowest BCUT2D eigenvalue weighted by molar-refractivity contribution is -0.135. The molecule has 1 aromatic heterocycles. The second-order valence-corrected chi connectivity index (χ2v) is 16.0. The molecule has 1 saturated heterocycles. The van der Waals surface area contributed by atoms with Gasteiger partial charge in [-0.25, -0.2) is 0 Å². The van der Waals surface area contributed by atoms with E-state index < -0.39 is 103 Å². The van der Waals surface area contributed by atoms with Gasteiger partial charge in [-0.2, -0.15) is 0 Å². The highest BCUT2D eigenvalue weighted by molar-refractivity contribution is 5.98. The van der Waals surface area contributed by atoms with E-state index in [0.29, 0.717) is 17.5 Å². The minimum absolute atomic E-state index is 0.0414. The van der Waals surface area contributed by atoms with Crippen LogP contribution >= 0.6 is 0 Å². The van der Waals surface area contributed by atoms with E-state index >= 15 is 0 Å². The SMILES string of the molecule is C[C@@H]1NC(=O)[C@@H](NC(=O)[C@@H](N)CCCN=C(N)N)CNC(=O)CC[C@@H](C(N)=O)NC(=O)[C@H](Cc2c[nH]c3ccccc23)NC(=O)[C@H](CCCN=C(N)N)NC(=O)[C@@H](Cc2ccccc2)NC1=O. The Balaban J connectivity index is 1.72. The van der Waals surface area contributed by atoms with Crippen molar-refractivity contribution >= 4 is 70.1 Å². The molecule has 1 fully saturated rings. The van der Waals surface area contributed by atoms with Crippen molar-refractivity contribution in [3.63, 3.8) is 0 Å². The van der Waals surface area contributed by atoms with Gasteiger partial charge in [-0.05, 0) is 56.2 Å². The number of nitrogens with one attached hydrogen (secondary N) is 8. The highest BCUT2D eigenvalue weighted by Gasteiger charge is 2.34. The quantitative estimate of drug-likeness (QED) is 0.0390. The summed E-state index contributed by atoms with van der Waals surface area (Å²) in [7, 11) is 0. The molecule has 0 spiro atoms. The molecule has 0 saturated carbocycles. The van der Waals surface area contributed by atoms with Crippen molar-refractivity contribution in [3.8, 4) is 0 Å². The minimum Gasteiger partial charge on any atom is -0.370 e. The zero-order chi connectivity index (χ0) is 49.0. The maximum absolute atomic E-state index is 14.3. The largest absolute Gasteiger partial charge is 0.370 e. The molecular weight excluding hydrogens is 869 g/mol. The third-order valence-electron chi connectivity index (χ3n) is 10.7. The number of primary amides is 1. The Hall–Kier alpha value is -7.76. The molecule has 1 aliphatic rings. The van der Waals surface area contributed by atoms with Crippen molar-refractivity contribution in [1.29, 1.82) is 0 Å². The summed E-state index contributed by atoms with van der Waals surface area (Å²) in [5.41, 5.74) is 35.6. The van der Waals surface area contributed by atoms with Gasteiger partial charge >= 0.3 is 0 Å². The first kappa shape index (κ1) is 51.9. The molecule has 2 heterocycles. The third-order valence-corrected chi connectivity index (χ3v) is 10.7. The number of carbonyl (C=O) groups is 8. The van der Waals surface area contributed by atoms with Gasteiger partial charge in [0.1, 0.15) is 36.3 Å². The second kappa shape index (κ2) is 25.7. The summed E-state index contributed by atoms with van der Waals surface area (Å²) in [6, 6.07) is 6.55. The maximum Gasteiger partial charge on any atom is 0.245 e. The van der Waals surface area contributed by atoms with Crippen LogP contribution in [0.4, 0.5) is 0 Å². The zero-order valence-electron chi connectivity index (χ0n) is 37.2. The summed E-state index contributed by atoms with van der Waals surface area (Å²) < 4.78 is 0. The molecule has 362 valence electrons. The standard InChI is InChI=1S/C43H62N16O8/c1-23-36(62)57-31(19-24-9-3-2-4-10-24)39(65)56-30(14-8-18-51-43(48)49)38(64)58-32(20-25-21-52-28-13-6-5-11-26(25)28)40(66)55-29(35(45)61)15-16-34(60)53-22-33(41(67)54-23)59-37(63)27(44)12-7-17-50-42(46)47/h2-6,9-11,13,21,23,27,29-33,52H,7-8,12,14-20,22,44H2,1H3,(H2,45,61)(H,53,60)(H,54,67)(H,55,66)(H,56,65)(H,57,62)(H,58,64)(H,59,63)(H4,46,47,50)(H4,48,49,51)/t23-,27-,29-,30-,31+,32-,33-/m0/s1. The number of H-pyrrole nitrogens is 1. The summed E-state index contributed by atoms with van der Waals surface area (Å²) in [4.78, 5) is 121. The minimum atomic E-state index is -1.48. The number of nitrogens with zero attached hydrogens (tertiary/aromatic N) is 2. The number of fused-ring (bicyclic) bond motifs is 1. The monoisotopic (exact) mass is 930 g/mol. The van der Waals surface area contributed by atoms with E-state index in [9.17, 15) is 38.4 Å². The summed E-state index contributed by atoms with van der Waals surface area (Å²) in [5, 5.41) is 19.0. The topological polar surface area (TPSA) is 417 Å². The van der Waals surface area contributed by atoms with Gasteiger partial charge in [-0.1, -0.05) is 48.5 Å². The fourth-order valence-electron chi connectivity index (χ4n) is 7.06. The van der Waals surface area contributed by atoms with E-state index in [1.165, 1.54) is 6.92 Å². The second-order valence-electron chi connectivity index (χ2n) is 16.0. The summed E-state index contributed by atoms with van der Waals surface area (Å²) in [6.45, 7) is 1.10. The number of guanidine groups is 2. The molecule has 7 atom stereocenters. The van der Waals surface area contributed by atoms with Crippen molar-refractivity contribution in [1.82, 2.24) is 42.2 Å². The van der Waals surface area contributed by atoms with Crippen molar-refractivity contribution in [2.75, 3.05) is 19.6 Å². The van der Waals surface area contributed by atoms with E-state index in [4.69, 9.17) is 34.4 Å². The molecule has 67 heavy (non-hydrogen) atoms. The number of para-hydroxylation sites is 1. The van der Waals surface area contributed by atoms with E-state index in [1.54, 1.807) is 42.6 Å². The molecule has 20 N–H and O–H groups in total. The number of amides is 8. The molecule has 2 aromatic carbocycles. The highest BCUT2D eigenvalue weighted by Crippen LogP contribution is 2.20. The van der Waals surface area contributed by atoms with Gasteiger partial charge in [0.05, 0.1) is 6.04 Å². The van der Waals surface area contributed by atoms with Gasteiger partial charge in [0.15, 0.2) is 11.9 Å². The number of aromatic amines is 1. The molecule has 1 aliphatic heterocycles. The fourth-order valence-corrected chi connectivity index (χ4v) is 7.06. The molecule has 0 radical (unpaired) electrons. The summed E-state index contributed by atoms with van der Waals surface area (Å²) in [5.74, 6) is -6.95. The average Bonchev–Trinajstić information content (AvgIpc) is 3.70. The van der Waals surface area contributed by atoms with Crippen molar-refractivity contribution < 1.29 is 38.4 Å². The Labute approximate surface area is 386 Å². The van der Waals surface area contributed by atoms with Gasteiger partial charge in [0.25, 0.3) is 0 Å². The first-order valence-corrected chi connectivity index (χ1v) is 21.7. The number of aliphatic imine (C=N–C) groups is 2. The van der Waals surface area contributed by atoms with Crippen molar-refractivity contribution in [2.45, 2.75) is 101 Å². The lowest BCUT2D eigenvalue weighted by Gasteiger charge is -2.27. The highest BCUT2D eigenvalue weighted by atomic mass is 16.2. The Kier molecular flexibility index (Phi) is 19.9. The Morgan fingerprint density at radius 1 is 0.716 bits per heavy atom. The van der Waals surface area contributed by atoms with Crippen LogP contribution in [0.1, 0.15) is 56.6 Å². The van der Waals surface area contributed by atoms with Crippen molar-refractivity contribution in [3.05, 3.63) is 71.9 Å². The maximum atomic E-state index is 14.3. The molecule has 24 heteroatoms. The number of benzene rings is 2. The molecule has 0 unspecified atom stereocenters. The van der Waals surface area contributed by atoms with Crippen LogP contribution in [0.2, 0.25) is 0 Å². The van der Waals surface area contributed by atoms with Gasteiger partial charge in [-0.15, -0.1) is 0 Å². The number of nitrogens with two attached hydrogens (primary N) is 6. The Morgan fingerprint density at radius 3 is 2.00 bits per heavy atom. The Bertz CT molecular complexity index is 2280. The van der Waals surface area contributed by atoms with Gasteiger partial charge in [-0.3, -0.25) is 48.3 Å². The number of aromatic nitrogens is 1. The number of carbonyl (C=O) groups excluding carboxylic acids is 8. The lowest BCUT2D eigenvalue weighted by Crippen LogP contribution is -2.60. The predicted molar refractivity (Wildman–Crippen MR) is 249 cm³/mol. The zero-order valence-corrected chi connectivity index (χ0v) is 37.2. The molecule has 0 bridgehead atoms. The lowest BCUT2D eigenvalue weighted by atomic mass is 10.0. The van der Waals surface area contributed by atoms with E-state index in [2.05, 4.69) is 52.2 Å². The molecule has 3 aromatic rings. The first-order valence-electron chi connectivity index (χ1n) is 21.7. The van der Waals surface area contributed by atoms with Crippen LogP contribution in [0.5, 0.6) is 0 Å². The average molecular weight is 931 g/mol. The normalized spacial score (nSPS) is 21.9. The van der Waals surface area contributed by atoms with Crippen LogP contribution in [0, 0.1) is 0 Å². The molecule has 8 amide bonds.